The highest BCUT2D eigenvalue weighted by Gasteiger charge is 2.37. The number of anilines is 1. The van der Waals surface area contributed by atoms with Crippen LogP contribution in [-0.2, 0) is 22.9 Å². The number of nitrogens with zero attached hydrogens (tertiary/aromatic N) is 3. The molecule has 0 amide bonds. The molecule has 1 saturated heterocycles. The minimum Gasteiger partial charge on any atom is -0.357 e. The molecule has 212 valence electrons. The summed E-state index contributed by atoms with van der Waals surface area (Å²) in [5.74, 6) is -0.0452. The summed E-state index contributed by atoms with van der Waals surface area (Å²) in [5.41, 5.74) is 1.60. The molecule has 0 saturated carbocycles. The summed E-state index contributed by atoms with van der Waals surface area (Å²) in [6, 6.07) is 7.40. The number of pyridine rings is 1. The van der Waals surface area contributed by atoms with Crippen LogP contribution in [0.4, 0.5) is 19.0 Å². The maximum absolute atomic E-state index is 13.4. The van der Waals surface area contributed by atoms with Gasteiger partial charge in [-0.3, -0.25) is 9.45 Å². The van der Waals surface area contributed by atoms with Gasteiger partial charge in [-0.2, -0.15) is 21.6 Å². The molecule has 3 aromatic rings. The summed E-state index contributed by atoms with van der Waals surface area (Å²) in [4.78, 5) is 8.95. The van der Waals surface area contributed by atoms with Gasteiger partial charge in [-0.1, -0.05) is 23.2 Å². The van der Waals surface area contributed by atoms with Crippen molar-refractivity contribution in [2.24, 2.45) is 5.92 Å². The van der Waals surface area contributed by atoms with E-state index in [1.54, 1.807) is 6.07 Å². The zero-order chi connectivity index (χ0) is 27.9. The van der Waals surface area contributed by atoms with E-state index in [0.29, 0.717) is 34.8 Å². The van der Waals surface area contributed by atoms with Crippen LogP contribution in [-0.4, -0.2) is 73.7 Å². The number of rotatable bonds is 9. The number of fused-ring (bicyclic) bond motifs is 3. The normalized spacial score (nSPS) is 18.8. The van der Waals surface area contributed by atoms with Gasteiger partial charge in [0.15, 0.2) is 5.69 Å². The molecule has 4 N–H and O–H groups in total. The standard InChI is InChI=1S/C24H27Cl2F3N6O3S/c25-15-1-3-19-17(9-15)16-5-6-34(20(22(16)32-19)13-31-12-14-10-30-11-14)7-8-35(39(36,37)38)21-4-2-18(26)23(33-21)24(27,28)29/h1-4,9,14,20,30-32H,5-8,10-13H2,(H,36,37,38). The summed E-state index contributed by atoms with van der Waals surface area (Å²) < 4.78 is 74.9. The van der Waals surface area contributed by atoms with Crippen molar-refractivity contribution in [1.29, 1.82) is 0 Å². The second-order valence-corrected chi connectivity index (χ2v) is 11.9. The molecule has 0 aliphatic carbocycles. The number of aromatic nitrogens is 2. The van der Waals surface area contributed by atoms with Crippen LogP contribution in [0.3, 0.4) is 0 Å². The first-order valence-corrected chi connectivity index (χ1v) is 14.5. The number of nitrogens with one attached hydrogen (secondary N) is 3. The number of halogens is 5. The minimum absolute atomic E-state index is 0.123. The van der Waals surface area contributed by atoms with Gasteiger partial charge in [0, 0.05) is 60.9 Å². The van der Waals surface area contributed by atoms with Gasteiger partial charge >= 0.3 is 16.5 Å². The van der Waals surface area contributed by atoms with Crippen molar-refractivity contribution < 1.29 is 26.1 Å². The van der Waals surface area contributed by atoms with Crippen LogP contribution in [0.15, 0.2) is 30.3 Å². The lowest BCUT2D eigenvalue weighted by Gasteiger charge is -2.37. The molecule has 1 aromatic carbocycles. The van der Waals surface area contributed by atoms with Crippen LogP contribution < -0.4 is 14.9 Å². The summed E-state index contributed by atoms with van der Waals surface area (Å²) in [7, 11) is -4.93. The lowest BCUT2D eigenvalue weighted by atomic mass is 9.96. The molecule has 9 nitrogen and oxygen atoms in total. The third-order valence-electron chi connectivity index (χ3n) is 7.19. The highest BCUT2D eigenvalue weighted by Crippen LogP contribution is 2.37. The summed E-state index contributed by atoms with van der Waals surface area (Å²) in [5, 5.41) is 7.71. The zero-order valence-electron chi connectivity index (χ0n) is 20.6. The third kappa shape index (κ3) is 6.14. The number of hydrogen-bond donors (Lipinski definition) is 4. The molecule has 15 heteroatoms. The SMILES string of the molecule is O=S(=O)(O)N(CCN1CCc2c([nH]c3ccc(Cl)cc23)C1CNCC1CNC1)c1ccc(Cl)c(C(F)(F)F)n1. The summed E-state index contributed by atoms with van der Waals surface area (Å²) in [6.07, 6.45) is -4.24. The summed E-state index contributed by atoms with van der Waals surface area (Å²) >= 11 is 11.9. The van der Waals surface area contributed by atoms with E-state index in [1.807, 2.05) is 17.0 Å². The highest BCUT2D eigenvalue weighted by atomic mass is 35.5. The van der Waals surface area contributed by atoms with Crippen LogP contribution in [0.5, 0.6) is 0 Å². The lowest BCUT2D eigenvalue weighted by molar-refractivity contribution is -0.141. The summed E-state index contributed by atoms with van der Waals surface area (Å²) in [6.45, 7) is 3.61. The molecule has 2 aliphatic rings. The molecular weight excluding hydrogens is 580 g/mol. The fraction of sp³-hybridized carbons (Fsp3) is 0.458. The van der Waals surface area contributed by atoms with E-state index in [1.165, 1.54) is 0 Å². The first-order chi connectivity index (χ1) is 18.4. The number of alkyl halides is 3. The van der Waals surface area contributed by atoms with Gasteiger partial charge in [-0.25, -0.2) is 9.29 Å². The van der Waals surface area contributed by atoms with Gasteiger partial charge < -0.3 is 15.6 Å². The Bertz CT molecular complexity index is 1470. The second-order valence-electron chi connectivity index (χ2n) is 9.74. The van der Waals surface area contributed by atoms with Gasteiger partial charge in [0.1, 0.15) is 5.82 Å². The Morgan fingerprint density at radius 3 is 2.62 bits per heavy atom. The van der Waals surface area contributed by atoms with E-state index in [-0.39, 0.29) is 19.1 Å². The van der Waals surface area contributed by atoms with Crippen LogP contribution in [0.1, 0.15) is 23.0 Å². The molecule has 1 atom stereocenters. The van der Waals surface area contributed by atoms with E-state index >= 15 is 0 Å². The van der Waals surface area contributed by atoms with E-state index < -0.39 is 33.0 Å². The van der Waals surface area contributed by atoms with E-state index in [0.717, 1.165) is 53.9 Å². The topological polar surface area (TPSA) is 114 Å². The van der Waals surface area contributed by atoms with Crippen molar-refractivity contribution >= 4 is 50.2 Å². The van der Waals surface area contributed by atoms with Crippen molar-refractivity contribution in [2.75, 3.05) is 50.1 Å². The van der Waals surface area contributed by atoms with Gasteiger partial charge in [-0.05, 0) is 48.2 Å². The molecule has 1 unspecified atom stereocenters. The molecule has 0 bridgehead atoms. The molecule has 39 heavy (non-hydrogen) atoms. The van der Waals surface area contributed by atoms with Crippen LogP contribution in [0, 0.1) is 5.92 Å². The fourth-order valence-electron chi connectivity index (χ4n) is 5.14. The maximum Gasteiger partial charge on any atom is 0.434 e. The van der Waals surface area contributed by atoms with E-state index in [9.17, 15) is 26.1 Å². The molecule has 0 spiro atoms. The van der Waals surface area contributed by atoms with Crippen LogP contribution in [0.2, 0.25) is 10.0 Å². The minimum atomic E-state index is -4.93. The van der Waals surface area contributed by atoms with E-state index in [4.69, 9.17) is 23.2 Å². The Morgan fingerprint density at radius 1 is 1.18 bits per heavy atom. The van der Waals surface area contributed by atoms with Gasteiger partial charge in [0.2, 0.25) is 0 Å². The molecular formula is C24H27Cl2F3N6O3S. The Labute approximate surface area is 233 Å². The smallest absolute Gasteiger partial charge is 0.357 e. The Kier molecular flexibility index (Phi) is 8.04. The van der Waals surface area contributed by atoms with Crippen molar-refractivity contribution in [3.8, 4) is 0 Å². The number of aromatic amines is 1. The Morgan fingerprint density at radius 2 is 1.95 bits per heavy atom. The van der Waals surface area contributed by atoms with Gasteiger partial charge in [0.25, 0.3) is 0 Å². The number of H-pyrrole nitrogens is 1. The average Bonchev–Trinajstić information content (AvgIpc) is 3.18. The monoisotopic (exact) mass is 606 g/mol. The van der Waals surface area contributed by atoms with Gasteiger partial charge in [-0.15, -0.1) is 0 Å². The molecule has 1 fully saturated rings. The average molecular weight is 607 g/mol. The zero-order valence-corrected chi connectivity index (χ0v) is 22.9. The Balaban J connectivity index is 1.41. The second kappa shape index (κ2) is 11.0. The largest absolute Gasteiger partial charge is 0.434 e. The van der Waals surface area contributed by atoms with Crippen molar-refractivity contribution in [3.63, 3.8) is 0 Å². The van der Waals surface area contributed by atoms with E-state index in [2.05, 4.69) is 20.6 Å². The number of hydrogen-bond acceptors (Lipinski definition) is 6. The number of benzene rings is 1. The van der Waals surface area contributed by atoms with Crippen molar-refractivity contribution in [2.45, 2.75) is 18.6 Å². The lowest BCUT2D eigenvalue weighted by Crippen LogP contribution is -2.49. The molecule has 4 heterocycles. The van der Waals surface area contributed by atoms with Crippen LogP contribution >= 0.6 is 23.2 Å². The van der Waals surface area contributed by atoms with Crippen LogP contribution in [0.25, 0.3) is 10.9 Å². The Hall–Kier alpha value is -2.13. The first-order valence-electron chi connectivity index (χ1n) is 12.4. The highest BCUT2D eigenvalue weighted by molar-refractivity contribution is 7.87. The fourth-order valence-corrected chi connectivity index (χ4v) is 6.18. The molecule has 0 radical (unpaired) electrons. The molecule has 2 aliphatic heterocycles. The maximum atomic E-state index is 13.4. The van der Waals surface area contributed by atoms with Gasteiger partial charge in [0.05, 0.1) is 17.6 Å². The van der Waals surface area contributed by atoms with Crippen molar-refractivity contribution in [3.05, 3.63) is 57.3 Å². The quantitative estimate of drug-likeness (QED) is 0.273. The predicted octanol–water partition coefficient (Wildman–Crippen LogP) is 3.91. The molecule has 2 aromatic heterocycles. The molecule has 5 rings (SSSR count). The predicted molar refractivity (Wildman–Crippen MR) is 144 cm³/mol. The third-order valence-corrected chi connectivity index (χ3v) is 8.65. The first kappa shape index (κ1) is 28.4. The van der Waals surface area contributed by atoms with Crippen molar-refractivity contribution in [1.82, 2.24) is 25.5 Å².